The monoisotopic (exact) mass is 445 g/mol. The van der Waals surface area contributed by atoms with Gasteiger partial charge in [0.1, 0.15) is 0 Å². The summed E-state index contributed by atoms with van der Waals surface area (Å²) in [5, 5.41) is 0. The fourth-order valence-corrected chi connectivity index (χ4v) is 4.08. The molecule has 0 saturated carbocycles. The van der Waals surface area contributed by atoms with Crippen molar-refractivity contribution in [3.63, 3.8) is 0 Å². The summed E-state index contributed by atoms with van der Waals surface area (Å²) in [6.45, 7) is 6.59. The topological polar surface area (TPSA) is 79.8 Å². The molecular formula is C23H31N3O4S. The number of benzene rings is 1. The molecule has 1 fully saturated rings. The van der Waals surface area contributed by atoms with Crippen LogP contribution < -0.4 is 0 Å². The molecule has 1 aromatic heterocycles. The maximum atomic E-state index is 12.0. The van der Waals surface area contributed by atoms with Crippen molar-refractivity contribution in [2.75, 3.05) is 45.6 Å². The van der Waals surface area contributed by atoms with E-state index in [0.717, 1.165) is 55.7 Å². The van der Waals surface area contributed by atoms with Crippen LogP contribution >= 0.6 is 0 Å². The number of carbonyl (C=O) groups is 1. The summed E-state index contributed by atoms with van der Waals surface area (Å²) in [4.78, 5) is 21.0. The minimum absolute atomic E-state index is 0.197. The number of rotatable bonds is 8. The molecule has 1 aliphatic rings. The van der Waals surface area contributed by atoms with Crippen LogP contribution in [0.5, 0.6) is 0 Å². The highest BCUT2D eigenvalue weighted by atomic mass is 32.2. The van der Waals surface area contributed by atoms with Gasteiger partial charge in [-0.3, -0.25) is 9.88 Å². The van der Waals surface area contributed by atoms with E-state index in [4.69, 9.17) is 4.74 Å². The standard InChI is InChI=1S/C23H31N3O4S/c1-3-4-17-30-23(27)26-15-13-25(14-16-26)12-11-19-5-10-22(24-18-19)20-6-8-21(9-7-20)31(2,28)29/h5-10,18H,3-4,11-17H2,1-2H3. The van der Waals surface area contributed by atoms with E-state index < -0.39 is 9.84 Å². The van der Waals surface area contributed by atoms with Gasteiger partial charge in [0.05, 0.1) is 17.2 Å². The third-order valence-electron chi connectivity index (χ3n) is 5.47. The first kappa shape index (κ1) is 23.2. The Bertz CT molecular complexity index is 951. The maximum absolute atomic E-state index is 12.0. The van der Waals surface area contributed by atoms with Gasteiger partial charge >= 0.3 is 6.09 Å². The number of sulfone groups is 1. The lowest BCUT2D eigenvalue weighted by molar-refractivity contribution is 0.0757. The Kier molecular flexibility index (Phi) is 8.03. The summed E-state index contributed by atoms with van der Waals surface area (Å²) < 4.78 is 28.5. The Morgan fingerprint density at radius 3 is 2.35 bits per heavy atom. The molecule has 1 aromatic carbocycles. The van der Waals surface area contributed by atoms with Crippen molar-refractivity contribution in [2.24, 2.45) is 0 Å². The van der Waals surface area contributed by atoms with Gasteiger partial charge in [-0.25, -0.2) is 13.2 Å². The third kappa shape index (κ3) is 6.77. The zero-order chi connectivity index (χ0) is 22.3. The van der Waals surface area contributed by atoms with E-state index in [1.165, 1.54) is 6.26 Å². The molecule has 0 radical (unpaired) electrons. The maximum Gasteiger partial charge on any atom is 0.409 e. The van der Waals surface area contributed by atoms with E-state index in [1.807, 2.05) is 12.3 Å². The summed E-state index contributed by atoms with van der Waals surface area (Å²) in [6.07, 6.45) is 5.70. The van der Waals surface area contributed by atoms with Crippen molar-refractivity contribution in [3.05, 3.63) is 48.2 Å². The number of aromatic nitrogens is 1. The fraction of sp³-hybridized carbons (Fsp3) is 0.478. The second-order valence-electron chi connectivity index (χ2n) is 7.89. The molecule has 2 aromatic rings. The van der Waals surface area contributed by atoms with Crippen LogP contribution in [0.15, 0.2) is 47.5 Å². The minimum Gasteiger partial charge on any atom is -0.449 e. The van der Waals surface area contributed by atoms with Crippen molar-refractivity contribution in [1.82, 2.24) is 14.8 Å². The van der Waals surface area contributed by atoms with Gasteiger partial charge in [-0.1, -0.05) is 31.5 Å². The molecule has 2 heterocycles. The molecule has 8 heteroatoms. The van der Waals surface area contributed by atoms with Crippen LogP contribution in [0.25, 0.3) is 11.3 Å². The highest BCUT2D eigenvalue weighted by molar-refractivity contribution is 7.90. The molecule has 3 rings (SSSR count). The smallest absolute Gasteiger partial charge is 0.409 e. The Labute approximate surface area is 185 Å². The van der Waals surface area contributed by atoms with Crippen LogP contribution in [-0.2, 0) is 21.0 Å². The highest BCUT2D eigenvalue weighted by Gasteiger charge is 2.21. The number of pyridine rings is 1. The van der Waals surface area contributed by atoms with Gasteiger partial charge in [0.2, 0.25) is 0 Å². The van der Waals surface area contributed by atoms with Crippen molar-refractivity contribution in [1.29, 1.82) is 0 Å². The second-order valence-corrected chi connectivity index (χ2v) is 9.91. The first-order chi connectivity index (χ1) is 14.9. The summed E-state index contributed by atoms with van der Waals surface area (Å²) in [5.41, 5.74) is 2.86. The van der Waals surface area contributed by atoms with E-state index in [9.17, 15) is 13.2 Å². The molecule has 31 heavy (non-hydrogen) atoms. The van der Waals surface area contributed by atoms with Crippen molar-refractivity contribution >= 4 is 15.9 Å². The molecule has 1 aliphatic heterocycles. The van der Waals surface area contributed by atoms with Gasteiger partial charge in [0, 0.05) is 50.7 Å². The van der Waals surface area contributed by atoms with E-state index >= 15 is 0 Å². The molecule has 0 N–H and O–H groups in total. The van der Waals surface area contributed by atoms with Crippen molar-refractivity contribution in [2.45, 2.75) is 31.1 Å². The molecule has 0 aliphatic carbocycles. The third-order valence-corrected chi connectivity index (χ3v) is 6.60. The Morgan fingerprint density at radius 2 is 1.77 bits per heavy atom. The average molecular weight is 446 g/mol. The summed E-state index contributed by atoms with van der Waals surface area (Å²) >= 11 is 0. The second kappa shape index (κ2) is 10.7. The number of hydrogen-bond acceptors (Lipinski definition) is 6. The van der Waals surface area contributed by atoms with Crippen LogP contribution in [0.4, 0.5) is 4.79 Å². The van der Waals surface area contributed by atoms with Gasteiger partial charge < -0.3 is 9.64 Å². The highest BCUT2D eigenvalue weighted by Crippen LogP contribution is 2.20. The number of hydrogen-bond donors (Lipinski definition) is 0. The SMILES string of the molecule is CCCCOC(=O)N1CCN(CCc2ccc(-c3ccc(S(C)(=O)=O)cc3)nc2)CC1. The number of piperazine rings is 1. The number of unbranched alkanes of at least 4 members (excludes halogenated alkanes) is 1. The van der Waals surface area contributed by atoms with Gasteiger partial charge in [-0.05, 0) is 36.6 Å². The largest absolute Gasteiger partial charge is 0.449 e. The van der Waals surface area contributed by atoms with Crippen LogP contribution in [-0.4, -0.2) is 74.9 Å². The number of nitrogens with zero attached hydrogens (tertiary/aromatic N) is 3. The summed E-state index contributed by atoms with van der Waals surface area (Å²) in [5.74, 6) is 0. The normalized spacial score (nSPS) is 15.1. The zero-order valence-corrected chi connectivity index (χ0v) is 19.1. The van der Waals surface area contributed by atoms with Gasteiger partial charge in [0.25, 0.3) is 0 Å². The summed E-state index contributed by atoms with van der Waals surface area (Å²) in [6, 6.07) is 10.8. The molecule has 7 nitrogen and oxygen atoms in total. The lowest BCUT2D eigenvalue weighted by atomic mass is 10.1. The van der Waals surface area contributed by atoms with E-state index in [1.54, 1.807) is 29.2 Å². The lowest BCUT2D eigenvalue weighted by Crippen LogP contribution is -2.49. The average Bonchev–Trinajstić information content (AvgIpc) is 2.78. The molecule has 1 saturated heterocycles. The molecule has 0 unspecified atom stereocenters. The predicted molar refractivity (Wildman–Crippen MR) is 121 cm³/mol. The van der Waals surface area contributed by atoms with Crippen LogP contribution in [0.3, 0.4) is 0 Å². The number of amides is 1. The fourth-order valence-electron chi connectivity index (χ4n) is 3.45. The Balaban J connectivity index is 1.45. The van der Waals surface area contributed by atoms with Crippen LogP contribution in [0.1, 0.15) is 25.3 Å². The first-order valence-electron chi connectivity index (χ1n) is 10.8. The molecule has 168 valence electrons. The number of ether oxygens (including phenoxy) is 1. The Morgan fingerprint density at radius 1 is 1.06 bits per heavy atom. The summed E-state index contributed by atoms with van der Waals surface area (Å²) in [7, 11) is -3.19. The predicted octanol–water partition coefficient (Wildman–Crippen LogP) is 3.25. The first-order valence-corrected chi connectivity index (χ1v) is 12.7. The number of carbonyl (C=O) groups excluding carboxylic acids is 1. The Hall–Kier alpha value is -2.45. The van der Waals surface area contributed by atoms with E-state index in [0.29, 0.717) is 24.6 Å². The van der Waals surface area contributed by atoms with E-state index in [2.05, 4.69) is 22.9 Å². The van der Waals surface area contributed by atoms with Crippen LogP contribution in [0.2, 0.25) is 0 Å². The molecule has 0 spiro atoms. The molecule has 0 atom stereocenters. The molecular weight excluding hydrogens is 414 g/mol. The van der Waals surface area contributed by atoms with Crippen molar-refractivity contribution in [3.8, 4) is 11.3 Å². The molecule has 0 bridgehead atoms. The van der Waals surface area contributed by atoms with Gasteiger partial charge in [0.15, 0.2) is 9.84 Å². The quantitative estimate of drug-likeness (QED) is 0.581. The minimum atomic E-state index is -3.19. The van der Waals surface area contributed by atoms with Crippen molar-refractivity contribution < 1.29 is 17.9 Å². The molecule has 1 amide bonds. The zero-order valence-electron chi connectivity index (χ0n) is 18.3. The lowest BCUT2D eigenvalue weighted by Gasteiger charge is -2.34. The van der Waals surface area contributed by atoms with Crippen LogP contribution in [0, 0.1) is 0 Å². The van der Waals surface area contributed by atoms with Gasteiger partial charge in [-0.15, -0.1) is 0 Å². The van der Waals surface area contributed by atoms with Gasteiger partial charge in [-0.2, -0.15) is 0 Å². The van der Waals surface area contributed by atoms with E-state index in [-0.39, 0.29) is 6.09 Å².